The third-order valence-corrected chi connectivity index (χ3v) is 3.62. The number of aromatic nitrogens is 3. The highest BCUT2D eigenvalue weighted by Gasteiger charge is 2.34. The first kappa shape index (κ1) is 17.2. The number of anilines is 1. The first-order chi connectivity index (χ1) is 10.8. The molecular formula is C16H19F3N4. The Kier molecular flexibility index (Phi) is 5.18. The lowest BCUT2D eigenvalue weighted by Gasteiger charge is -2.23. The molecule has 1 unspecified atom stereocenters. The highest BCUT2D eigenvalue weighted by molar-refractivity contribution is 5.57. The van der Waals surface area contributed by atoms with Crippen LogP contribution in [-0.4, -0.2) is 28.5 Å². The molecule has 0 aliphatic carbocycles. The van der Waals surface area contributed by atoms with Crippen LogP contribution in [0.5, 0.6) is 0 Å². The van der Waals surface area contributed by atoms with E-state index in [1.807, 2.05) is 13.8 Å². The summed E-state index contributed by atoms with van der Waals surface area (Å²) in [4.78, 5) is 13.6. The lowest BCUT2D eigenvalue weighted by molar-refractivity contribution is -0.141. The lowest BCUT2D eigenvalue weighted by Crippen LogP contribution is -2.25. The average Bonchev–Trinajstić information content (AvgIpc) is 2.54. The minimum Gasteiger partial charge on any atom is -0.359 e. The number of hydrogen-bond acceptors (Lipinski definition) is 4. The van der Waals surface area contributed by atoms with Crippen LogP contribution >= 0.6 is 0 Å². The van der Waals surface area contributed by atoms with Gasteiger partial charge in [-0.15, -0.1) is 0 Å². The van der Waals surface area contributed by atoms with Gasteiger partial charge in [-0.3, -0.25) is 4.98 Å². The number of hydrogen-bond donors (Lipinski definition) is 0. The minimum absolute atomic E-state index is 0.0493. The molecule has 0 N–H and O–H groups in total. The first-order valence-electron chi connectivity index (χ1n) is 7.39. The summed E-state index contributed by atoms with van der Waals surface area (Å²) in [6.07, 6.45) is -0.571. The molecule has 0 aliphatic rings. The van der Waals surface area contributed by atoms with Gasteiger partial charge in [-0.1, -0.05) is 20.3 Å². The number of rotatable bonds is 5. The van der Waals surface area contributed by atoms with Gasteiger partial charge < -0.3 is 4.90 Å². The summed E-state index contributed by atoms with van der Waals surface area (Å²) in [5, 5.41) is 0. The second-order valence-corrected chi connectivity index (χ2v) is 5.56. The molecule has 0 aromatic carbocycles. The fraction of sp³-hybridized carbons (Fsp3) is 0.438. The summed E-state index contributed by atoms with van der Waals surface area (Å²) in [6.45, 7) is 4.72. The van der Waals surface area contributed by atoms with Crippen LogP contribution in [0.25, 0.3) is 11.4 Å². The molecule has 7 heteroatoms. The van der Waals surface area contributed by atoms with Gasteiger partial charge in [0, 0.05) is 37.6 Å². The number of alkyl halides is 3. The molecule has 0 aliphatic heterocycles. The van der Waals surface area contributed by atoms with Gasteiger partial charge in [0.15, 0.2) is 11.5 Å². The maximum absolute atomic E-state index is 13.1. The SMILES string of the molecule is CCC(C)CN(C)c1cc(C(F)(F)F)nc(-c2ccncc2)n1. The van der Waals surface area contributed by atoms with Crippen LogP contribution in [0.2, 0.25) is 0 Å². The van der Waals surface area contributed by atoms with E-state index >= 15 is 0 Å². The fourth-order valence-electron chi connectivity index (χ4n) is 2.10. The minimum atomic E-state index is -4.52. The molecule has 23 heavy (non-hydrogen) atoms. The molecule has 124 valence electrons. The summed E-state index contributed by atoms with van der Waals surface area (Å²) in [6, 6.07) is 4.18. The average molecular weight is 324 g/mol. The Morgan fingerprint density at radius 1 is 1.17 bits per heavy atom. The van der Waals surface area contributed by atoms with Crippen molar-refractivity contribution in [2.75, 3.05) is 18.5 Å². The Bertz CT molecular complexity index is 644. The van der Waals surface area contributed by atoms with E-state index in [-0.39, 0.29) is 11.6 Å². The number of pyridine rings is 1. The van der Waals surface area contributed by atoms with Crippen molar-refractivity contribution in [3.8, 4) is 11.4 Å². The van der Waals surface area contributed by atoms with E-state index in [4.69, 9.17) is 0 Å². The third kappa shape index (κ3) is 4.40. The molecule has 0 amide bonds. The Morgan fingerprint density at radius 3 is 2.39 bits per heavy atom. The van der Waals surface area contributed by atoms with Gasteiger partial charge in [-0.05, 0) is 18.1 Å². The molecule has 2 heterocycles. The monoisotopic (exact) mass is 324 g/mol. The van der Waals surface area contributed by atoms with E-state index in [1.165, 1.54) is 12.4 Å². The topological polar surface area (TPSA) is 41.9 Å². The summed E-state index contributed by atoms with van der Waals surface area (Å²) < 4.78 is 39.4. The van der Waals surface area contributed by atoms with E-state index in [1.54, 1.807) is 24.1 Å². The van der Waals surface area contributed by atoms with Crippen molar-refractivity contribution in [1.29, 1.82) is 0 Å². The highest BCUT2D eigenvalue weighted by Crippen LogP contribution is 2.31. The van der Waals surface area contributed by atoms with Crippen LogP contribution < -0.4 is 4.90 Å². The molecule has 0 bridgehead atoms. The number of halogens is 3. The molecule has 0 fully saturated rings. The molecule has 2 aromatic heterocycles. The lowest BCUT2D eigenvalue weighted by atomic mass is 10.1. The smallest absolute Gasteiger partial charge is 0.359 e. The quantitative estimate of drug-likeness (QED) is 0.832. The van der Waals surface area contributed by atoms with Crippen molar-refractivity contribution in [2.24, 2.45) is 5.92 Å². The zero-order valence-corrected chi connectivity index (χ0v) is 13.3. The fourth-order valence-corrected chi connectivity index (χ4v) is 2.10. The van der Waals surface area contributed by atoms with E-state index in [2.05, 4.69) is 15.0 Å². The Balaban J connectivity index is 2.46. The maximum atomic E-state index is 13.1. The zero-order chi connectivity index (χ0) is 17.0. The Labute approximate surface area is 133 Å². The van der Waals surface area contributed by atoms with Gasteiger partial charge in [-0.25, -0.2) is 9.97 Å². The van der Waals surface area contributed by atoms with Crippen molar-refractivity contribution in [3.63, 3.8) is 0 Å². The largest absolute Gasteiger partial charge is 0.433 e. The normalized spacial score (nSPS) is 13.0. The molecule has 0 saturated heterocycles. The van der Waals surface area contributed by atoms with Crippen molar-refractivity contribution in [1.82, 2.24) is 15.0 Å². The van der Waals surface area contributed by atoms with Crippen LogP contribution in [0.1, 0.15) is 26.0 Å². The molecule has 4 nitrogen and oxygen atoms in total. The van der Waals surface area contributed by atoms with Crippen LogP contribution in [0.3, 0.4) is 0 Å². The molecular weight excluding hydrogens is 305 g/mol. The van der Waals surface area contributed by atoms with E-state index in [9.17, 15) is 13.2 Å². The Hall–Kier alpha value is -2.18. The number of nitrogens with zero attached hydrogens (tertiary/aromatic N) is 4. The van der Waals surface area contributed by atoms with E-state index < -0.39 is 11.9 Å². The van der Waals surface area contributed by atoms with Crippen LogP contribution in [-0.2, 0) is 6.18 Å². The maximum Gasteiger partial charge on any atom is 0.433 e. The molecule has 0 saturated carbocycles. The van der Waals surface area contributed by atoms with Gasteiger partial charge in [0.2, 0.25) is 0 Å². The summed E-state index contributed by atoms with van der Waals surface area (Å²) in [5.74, 6) is 0.668. The first-order valence-corrected chi connectivity index (χ1v) is 7.39. The van der Waals surface area contributed by atoms with E-state index in [0.29, 0.717) is 18.0 Å². The predicted octanol–water partition coefficient (Wildman–Crippen LogP) is 4.04. The van der Waals surface area contributed by atoms with Crippen LogP contribution in [0.15, 0.2) is 30.6 Å². The summed E-state index contributed by atoms with van der Waals surface area (Å²) >= 11 is 0. The van der Waals surface area contributed by atoms with Crippen LogP contribution in [0.4, 0.5) is 19.0 Å². The molecule has 1 atom stereocenters. The van der Waals surface area contributed by atoms with Gasteiger partial charge in [0.05, 0.1) is 0 Å². The summed E-state index contributed by atoms with van der Waals surface area (Å²) in [5.41, 5.74) is -0.436. The standard InChI is InChI=1S/C16H19F3N4/c1-4-11(2)10-23(3)14-9-13(16(17,18)19)21-15(22-14)12-5-7-20-8-6-12/h5-9,11H,4,10H2,1-3H3. The van der Waals surface area contributed by atoms with Gasteiger partial charge in [-0.2, -0.15) is 13.2 Å². The van der Waals surface area contributed by atoms with Crippen molar-refractivity contribution in [2.45, 2.75) is 26.4 Å². The molecule has 0 spiro atoms. The molecule has 2 aromatic rings. The zero-order valence-electron chi connectivity index (χ0n) is 13.3. The highest BCUT2D eigenvalue weighted by atomic mass is 19.4. The van der Waals surface area contributed by atoms with Crippen molar-refractivity contribution in [3.05, 3.63) is 36.3 Å². The van der Waals surface area contributed by atoms with Crippen molar-refractivity contribution >= 4 is 5.82 Å². The van der Waals surface area contributed by atoms with Crippen molar-refractivity contribution < 1.29 is 13.2 Å². The van der Waals surface area contributed by atoms with Gasteiger partial charge in [0.25, 0.3) is 0 Å². The molecule has 2 rings (SSSR count). The Morgan fingerprint density at radius 2 is 1.83 bits per heavy atom. The van der Waals surface area contributed by atoms with E-state index in [0.717, 1.165) is 12.5 Å². The second-order valence-electron chi connectivity index (χ2n) is 5.56. The van der Waals surface area contributed by atoms with Gasteiger partial charge in [0.1, 0.15) is 5.82 Å². The van der Waals surface area contributed by atoms with Gasteiger partial charge >= 0.3 is 6.18 Å². The predicted molar refractivity (Wildman–Crippen MR) is 83.0 cm³/mol. The van der Waals surface area contributed by atoms with Crippen LogP contribution in [0, 0.1) is 5.92 Å². The second kappa shape index (κ2) is 6.93. The molecule has 0 radical (unpaired) electrons. The summed E-state index contributed by atoms with van der Waals surface area (Å²) in [7, 11) is 1.74. The third-order valence-electron chi connectivity index (χ3n) is 3.62.